The number of rotatable bonds is 2. The van der Waals surface area contributed by atoms with Gasteiger partial charge in [-0.1, -0.05) is 0 Å². The van der Waals surface area contributed by atoms with Crippen LogP contribution in [-0.2, 0) is 12.9 Å². The zero-order chi connectivity index (χ0) is 9.54. The predicted molar refractivity (Wildman–Crippen MR) is 48.5 cm³/mol. The summed E-state index contributed by atoms with van der Waals surface area (Å²) in [5.74, 6) is 0. The molecule has 0 aromatic rings. The molecule has 0 bridgehead atoms. The van der Waals surface area contributed by atoms with Crippen molar-refractivity contribution in [2.24, 2.45) is 0 Å². The van der Waals surface area contributed by atoms with Gasteiger partial charge in [0.25, 0.3) is 0 Å². The first kappa shape index (κ1) is 17.9. The van der Waals surface area contributed by atoms with Crippen molar-refractivity contribution in [1.29, 1.82) is 0 Å². The predicted octanol–water partition coefficient (Wildman–Crippen LogP) is 3.56. The fourth-order valence-corrected chi connectivity index (χ4v) is 0. The molecule has 0 saturated carbocycles. The van der Waals surface area contributed by atoms with Crippen LogP contribution in [0.2, 0.25) is 0 Å². The summed E-state index contributed by atoms with van der Waals surface area (Å²) >= 11 is 0.382. The van der Waals surface area contributed by atoms with Gasteiger partial charge in [-0.2, -0.15) is 26.2 Å². The van der Waals surface area contributed by atoms with Crippen molar-refractivity contribution in [2.75, 3.05) is 26.2 Å². The van der Waals surface area contributed by atoms with Crippen LogP contribution in [0.5, 0.6) is 0 Å². The zero-order valence-electron chi connectivity index (χ0n) is 5.92. The Hall–Kier alpha value is 0.926. The molecule has 0 aliphatic heterocycles. The number of hydrogen-bond donors (Lipinski definition) is 0. The third-order valence-corrected chi connectivity index (χ3v) is 0.250. The van der Waals surface area contributed by atoms with Crippen molar-refractivity contribution in [3.63, 3.8) is 0 Å². The van der Waals surface area contributed by atoms with Crippen molar-refractivity contribution >= 4 is 20.3 Å². The fourth-order valence-electron chi connectivity index (χ4n) is 0. The maximum atomic E-state index is 6.26. The van der Waals surface area contributed by atoms with Gasteiger partial charge < -0.3 is 22.9 Å². The molecule has 11 heavy (non-hydrogen) atoms. The molecule has 0 heterocycles. The van der Waals surface area contributed by atoms with Gasteiger partial charge in [0, 0.05) is 0 Å². The van der Waals surface area contributed by atoms with E-state index in [1.807, 2.05) is 0 Å². The smallest absolute Gasteiger partial charge is 0.171 e. The molecular formula is C4H12Cl2CoN4-4. The molecule has 0 radical (unpaired) electrons. The minimum absolute atomic E-state index is 0.236. The van der Waals surface area contributed by atoms with Gasteiger partial charge in [0.1, 0.15) is 0 Å². The van der Waals surface area contributed by atoms with Crippen LogP contribution in [0.15, 0.2) is 0 Å². The molecule has 0 rings (SSSR count). The monoisotopic (exact) mass is 245 g/mol. The summed E-state index contributed by atoms with van der Waals surface area (Å²) in [5, 5.41) is 0. The van der Waals surface area contributed by atoms with Crippen LogP contribution >= 0.6 is 20.3 Å². The Morgan fingerprint density at radius 2 is 0.818 bits per heavy atom. The quantitative estimate of drug-likeness (QED) is 0.711. The van der Waals surface area contributed by atoms with E-state index in [1.54, 1.807) is 0 Å². The van der Waals surface area contributed by atoms with Gasteiger partial charge in [-0.15, -0.1) is 0 Å². The van der Waals surface area contributed by atoms with E-state index in [9.17, 15) is 0 Å². The molecule has 0 aliphatic carbocycles. The third-order valence-electron chi connectivity index (χ3n) is 0.250. The van der Waals surface area contributed by atoms with E-state index in [-0.39, 0.29) is 26.2 Å². The fraction of sp³-hybridized carbons (Fsp3) is 1.00. The van der Waals surface area contributed by atoms with Gasteiger partial charge in [0.15, 0.2) is 0 Å². The van der Waals surface area contributed by atoms with Gasteiger partial charge in [0.2, 0.25) is 0 Å². The molecular weight excluding hydrogens is 234 g/mol. The van der Waals surface area contributed by atoms with E-state index in [0.29, 0.717) is 12.9 Å². The van der Waals surface area contributed by atoms with Crippen molar-refractivity contribution in [2.45, 2.75) is 0 Å². The van der Waals surface area contributed by atoms with Crippen LogP contribution in [0, 0.1) is 0 Å². The standard InChI is InChI=1S/2C2H6N2.2ClH.Co/c2*3-1-2-4;;;/h2*3-4H,1-2H2;2*1H;/q2*-2;;;+2/p-2. The second kappa shape index (κ2) is 30.7. The summed E-state index contributed by atoms with van der Waals surface area (Å²) in [4.78, 5) is 0. The maximum absolute atomic E-state index is 6.26. The molecule has 4 N–H and O–H groups in total. The SMILES string of the molecule is [Cl][Co][Cl].[NH-]CC[NH-].[NH-]CC[NH-]. The van der Waals surface area contributed by atoms with E-state index in [0.717, 1.165) is 0 Å². The summed E-state index contributed by atoms with van der Waals surface area (Å²) < 4.78 is 0. The van der Waals surface area contributed by atoms with Gasteiger partial charge >= 0.3 is 33.2 Å². The number of halogens is 2. The Labute approximate surface area is 82.4 Å². The van der Waals surface area contributed by atoms with Gasteiger partial charge in [-0.3, -0.25) is 0 Å². The number of nitrogens with one attached hydrogen (secondary N) is 4. The molecule has 0 aliphatic rings. The van der Waals surface area contributed by atoms with Crippen LogP contribution in [0.1, 0.15) is 0 Å². The average Bonchev–Trinajstić information content (AvgIpc) is 2.06. The topological polar surface area (TPSA) is 95.2 Å². The molecule has 0 saturated heterocycles. The van der Waals surface area contributed by atoms with E-state index >= 15 is 0 Å². The Bertz CT molecular complexity index is 35.3. The van der Waals surface area contributed by atoms with E-state index in [1.165, 1.54) is 0 Å². The van der Waals surface area contributed by atoms with Crippen molar-refractivity contribution < 1.29 is 12.9 Å². The Morgan fingerprint density at radius 1 is 0.727 bits per heavy atom. The molecule has 0 unspecified atom stereocenters. The molecule has 0 aromatic heterocycles. The van der Waals surface area contributed by atoms with Crippen LogP contribution < -0.4 is 0 Å². The van der Waals surface area contributed by atoms with Crippen molar-refractivity contribution in [1.82, 2.24) is 0 Å². The largest absolute Gasteiger partial charge is 0.679 e. The minimum atomic E-state index is 0.236. The first-order valence-electron chi connectivity index (χ1n) is 2.67. The second-order valence-electron chi connectivity index (χ2n) is 1.05. The van der Waals surface area contributed by atoms with Crippen LogP contribution in [0.3, 0.4) is 0 Å². The van der Waals surface area contributed by atoms with Crippen molar-refractivity contribution in [3.8, 4) is 0 Å². The summed E-state index contributed by atoms with van der Waals surface area (Å²) in [6.07, 6.45) is 0. The Balaban J connectivity index is -0.0000000886. The molecule has 75 valence electrons. The van der Waals surface area contributed by atoms with E-state index < -0.39 is 0 Å². The molecule has 0 spiro atoms. The van der Waals surface area contributed by atoms with Crippen LogP contribution in [0.4, 0.5) is 0 Å². The summed E-state index contributed by atoms with van der Waals surface area (Å²) in [5.41, 5.74) is 25.1. The van der Waals surface area contributed by atoms with Gasteiger partial charge in [0.05, 0.1) is 0 Å². The molecule has 4 nitrogen and oxygen atoms in total. The average molecular weight is 246 g/mol. The third kappa shape index (κ3) is 102. The molecule has 7 heteroatoms. The van der Waals surface area contributed by atoms with Crippen molar-refractivity contribution in [3.05, 3.63) is 22.9 Å². The van der Waals surface area contributed by atoms with E-state index in [2.05, 4.69) is 0 Å². The van der Waals surface area contributed by atoms with Gasteiger partial charge in [-0.25, -0.2) is 0 Å². The zero-order valence-corrected chi connectivity index (χ0v) is 8.47. The molecule has 0 atom stereocenters. The second-order valence-corrected chi connectivity index (χ2v) is 2.77. The first-order chi connectivity index (χ1) is 5.24. The minimum Gasteiger partial charge on any atom is -0.679 e. The molecule has 0 amide bonds. The number of hydrogen-bond acceptors (Lipinski definition) is 0. The molecule has 0 fully saturated rings. The summed E-state index contributed by atoms with van der Waals surface area (Å²) in [7, 11) is 9.47. The van der Waals surface area contributed by atoms with Crippen LogP contribution in [-0.4, -0.2) is 26.2 Å². The maximum Gasteiger partial charge on any atom is -0.171 e. The first-order valence-corrected chi connectivity index (χ1v) is 5.53. The van der Waals surface area contributed by atoms with Gasteiger partial charge in [-0.05, 0) is 0 Å². The Kier molecular flexibility index (Phi) is 49.8. The normalized spacial score (nSPS) is 7.45. The summed E-state index contributed by atoms with van der Waals surface area (Å²) in [6.45, 7) is 0.944. The Morgan fingerprint density at radius 3 is 0.818 bits per heavy atom. The molecule has 0 aromatic carbocycles. The van der Waals surface area contributed by atoms with Crippen LogP contribution in [0.25, 0.3) is 22.9 Å². The van der Waals surface area contributed by atoms with E-state index in [4.69, 9.17) is 43.2 Å². The summed E-state index contributed by atoms with van der Waals surface area (Å²) in [6, 6.07) is 0.